The molecule has 238 valence electrons. The van der Waals surface area contributed by atoms with Crippen molar-refractivity contribution >= 4 is 52.0 Å². The van der Waals surface area contributed by atoms with Crippen molar-refractivity contribution in [2.45, 2.75) is 108 Å². The van der Waals surface area contributed by atoms with Crippen molar-refractivity contribution in [1.82, 2.24) is 21.3 Å². The molecule has 1 aliphatic heterocycles. The minimum atomic E-state index is -1.20. The Balaban J connectivity index is 1.33. The molecule has 0 spiro atoms. The molecule has 3 atom stereocenters. The number of Topliss-reactive ketones (excluding diaryl/α,β-unsaturated/α-hetero) is 1. The average molecular weight is 627 g/mol. The van der Waals surface area contributed by atoms with Gasteiger partial charge in [0.25, 0.3) is 11.8 Å². The lowest BCUT2D eigenvalue weighted by Gasteiger charge is -2.30. The van der Waals surface area contributed by atoms with Gasteiger partial charge in [-0.25, -0.2) is 0 Å². The zero-order valence-electron chi connectivity index (χ0n) is 25.1. The fraction of sp³-hybridized carbons (Fsp3) is 0.606. The van der Waals surface area contributed by atoms with Crippen molar-refractivity contribution in [3.8, 4) is 0 Å². The molecule has 0 radical (unpaired) electrons. The van der Waals surface area contributed by atoms with E-state index in [9.17, 15) is 24.0 Å². The summed E-state index contributed by atoms with van der Waals surface area (Å²) in [6.45, 7) is 0.561. The number of amides is 4. The van der Waals surface area contributed by atoms with Crippen LogP contribution in [0.1, 0.15) is 100 Å². The first kappa shape index (κ1) is 32.0. The third-order valence-corrected chi connectivity index (χ3v) is 9.57. The highest BCUT2D eigenvalue weighted by molar-refractivity contribution is 6.38. The van der Waals surface area contributed by atoms with E-state index in [0.717, 1.165) is 70.6 Å². The van der Waals surface area contributed by atoms with Crippen LogP contribution < -0.4 is 21.3 Å². The van der Waals surface area contributed by atoms with Crippen molar-refractivity contribution in [1.29, 1.82) is 0 Å². The van der Waals surface area contributed by atoms with Crippen LogP contribution >= 0.6 is 11.6 Å². The molecule has 4 N–H and O–H groups in total. The van der Waals surface area contributed by atoms with Gasteiger partial charge < -0.3 is 25.7 Å². The monoisotopic (exact) mass is 626 g/mol. The van der Waals surface area contributed by atoms with Crippen LogP contribution in [0.5, 0.6) is 0 Å². The molecule has 44 heavy (non-hydrogen) atoms. The zero-order chi connectivity index (χ0) is 31.1. The number of ketones is 1. The Labute approximate surface area is 262 Å². The van der Waals surface area contributed by atoms with E-state index in [1.54, 1.807) is 24.3 Å². The number of benzene rings is 1. The van der Waals surface area contributed by atoms with Gasteiger partial charge in [-0.2, -0.15) is 0 Å². The third kappa shape index (κ3) is 8.40. The van der Waals surface area contributed by atoms with Crippen molar-refractivity contribution in [2.24, 2.45) is 11.8 Å². The second-order valence-electron chi connectivity index (χ2n) is 12.7. The van der Waals surface area contributed by atoms with Crippen molar-refractivity contribution < 1.29 is 28.4 Å². The molecule has 11 heteroatoms. The molecule has 1 aromatic heterocycles. The van der Waals surface area contributed by atoms with Gasteiger partial charge in [-0.05, 0) is 68.7 Å². The topological polar surface area (TPSA) is 147 Å². The Hall–Kier alpha value is -3.40. The minimum Gasteiger partial charge on any atom is -0.451 e. The lowest BCUT2D eigenvalue weighted by atomic mass is 9.84. The Kier molecular flexibility index (Phi) is 11.0. The Morgan fingerprint density at radius 2 is 1.59 bits per heavy atom. The molecule has 0 bridgehead atoms. The molecular weight excluding hydrogens is 584 g/mol. The molecule has 1 saturated heterocycles. The summed E-state index contributed by atoms with van der Waals surface area (Å²) >= 11 is 6.10. The van der Waals surface area contributed by atoms with Crippen LogP contribution in [0, 0.1) is 11.8 Å². The normalized spacial score (nSPS) is 21.2. The summed E-state index contributed by atoms with van der Waals surface area (Å²) in [6.07, 6.45) is 11.5. The van der Waals surface area contributed by atoms with Crippen molar-refractivity contribution in [3.63, 3.8) is 0 Å². The molecule has 2 aliphatic carbocycles. The summed E-state index contributed by atoms with van der Waals surface area (Å²) in [5.41, 5.74) is 0.494. The van der Waals surface area contributed by atoms with Gasteiger partial charge in [0, 0.05) is 28.9 Å². The molecular formula is C33H43ClN4O6. The van der Waals surface area contributed by atoms with E-state index in [1.807, 2.05) is 0 Å². The number of rotatable bonds is 11. The molecule has 3 fully saturated rings. The Morgan fingerprint density at radius 3 is 2.32 bits per heavy atom. The number of hydrogen-bond acceptors (Lipinski definition) is 6. The van der Waals surface area contributed by atoms with Gasteiger partial charge in [0.05, 0.1) is 6.04 Å². The van der Waals surface area contributed by atoms with Gasteiger partial charge in [0.1, 0.15) is 11.6 Å². The Morgan fingerprint density at radius 1 is 0.864 bits per heavy atom. The smallest absolute Gasteiger partial charge is 0.289 e. The number of nitrogens with one attached hydrogen (secondary N) is 4. The first-order valence-electron chi connectivity index (χ1n) is 16.2. The van der Waals surface area contributed by atoms with E-state index in [-0.39, 0.29) is 30.0 Å². The summed E-state index contributed by atoms with van der Waals surface area (Å²) in [4.78, 5) is 66.5. The molecule has 2 saturated carbocycles. The van der Waals surface area contributed by atoms with E-state index in [2.05, 4.69) is 21.3 Å². The number of carbonyl (C=O) groups is 5. The highest BCUT2D eigenvalue weighted by atomic mass is 35.5. The number of fused-ring (bicyclic) bond motifs is 1. The maximum atomic E-state index is 13.9. The van der Waals surface area contributed by atoms with E-state index in [4.69, 9.17) is 16.0 Å². The van der Waals surface area contributed by atoms with Crippen LogP contribution in [0.25, 0.3) is 11.0 Å². The highest BCUT2D eigenvalue weighted by Crippen LogP contribution is 2.28. The van der Waals surface area contributed by atoms with Crippen molar-refractivity contribution in [2.75, 3.05) is 6.54 Å². The van der Waals surface area contributed by atoms with Gasteiger partial charge >= 0.3 is 0 Å². The predicted molar refractivity (Wildman–Crippen MR) is 166 cm³/mol. The van der Waals surface area contributed by atoms with E-state index in [0.29, 0.717) is 35.4 Å². The molecule has 1 aromatic carbocycles. The first-order valence-corrected chi connectivity index (χ1v) is 16.6. The third-order valence-electron chi connectivity index (χ3n) is 9.33. The van der Waals surface area contributed by atoms with Crippen LogP contribution in [-0.2, 0) is 19.2 Å². The number of halogens is 1. The van der Waals surface area contributed by atoms with Crippen LogP contribution in [0.15, 0.2) is 28.7 Å². The van der Waals surface area contributed by atoms with Gasteiger partial charge in [-0.3, -0.25) is 24.0 Å². The predicted octanol–water partition coefficient (Wildman–Crippen LogP) is 4.57. The number of hydrogen-bond donors (Lipinski definition) is 4. The number of carbonyl (C=O) groups excluding carboxylic acids is 5. The van der Waals surface area contributed by atoms with E-state index < -0.39 is 41.5 Å². The minimum absolute atomic E-state index is 0.0168. The number of furan rings is 1. The Bertz CT molecular complexity index is 1360. The van der Waals surface area contributed by atoms with Gasteiger partial charge in [0.2, 0.25) is 17.6 Å². The lowest BCUT2D eigenvalue weighted by Crippen LogP contribution is -2.56. The van der Waals surface area contributed by atoms with Crippen LogP contribution in [-0.4, -0.2) is 54.1 Å². The second kappa shape index (κ2) is 15.1. The SMILES string of the molecule is O=C(NC1CCCCC1)C(=O)[C@H](C[C@@H]1CCCNC1=O)NC(=O)[C@H](CC1CCCCC1)NC(=O)c1cc2cc(Cl)ccc2o1. The van der Waals surface area contributed by atoms with Crippen LogP contribution in [0.2, 0.25) is 5.02 Å². The van der Waals surface area contributed by atoms with Crippen molar-refractivity contribution in [3.05, 3.63) is 35.0 Å². The molecule has 5 rings (SSSR count). The maximum Gasteiger partial charge on any atom is 0.289 e. The molecule has 10 nitrogen and oxygen atoms in total. The fourth-order valence-electron chi connectivity index (χ4n) is 6.85. The largest absolute Gasteiger partial charge is 0.451 e. The highest BCUT2D eigenvalue weighted by Gasteiger charge is 2.36. The summed E-state index contributed by atoms with van der Waals surface area (Å²) in [7, 11) is 0. The number of piperidine rings is 1. The fourth-order valence-corrected chi connectivity index (χ4v) is 7.03. The summed E-state index contributed by atoms with van der Waals surface area (Å²) in [5.74, 6) is -3.04. The second-order valence-corrected chi connectivity index (χ2v) is 13.1. The molecule has 0 unspecified atom stereocenters. The quantitative estimate of drug-likeness (QED) is 0.269. The summed E-state index contributed by atoms with van der Waals surface area (Å²) in [6, 6.07) is 4.39. The standard InChI is InChI=1S/C33H43ClN4O6/c34-23-13-14-27-22(17-23)19-28(44-27)32(42)38-26(16-20-8-3-1-4-9-20)31(41)37-25(18-21-10-7-15-35-30(21)40)29(39)33(43)36-24-11-5-2-6-12-24/h13-14,17,19-21,24-26H,1-12,15-16,18H2,(H,35,40)(H,36,43)(H,37,41)(H,38,42)/t21-,25-,26-/m0/s1. The van der Waals surface area contributed by atoms with Gasteiger partial charge in [-0.15, -0.1) is 0 Å². The van der Waals surface area contributed by atoms with Gasteiger partial charge in [-0.1, -0.05) is 63.0 Å². The van der Waals surface area contributed by atoms with Crippen LogP contribution in [0.3, 0.4) is 0 Å². The molecule has 4 amide bonds. The van der Waals surface area contributed by atoms with Crippen LogP contribution in [0.4, 0.5) is 0 Å². The maximum absolute atomic E-state index is 13.9. The molecule has 3 aliphatic rings. The van der Waals surface area contributed by atoms with E-state index in [1.165, 1.54) is 0 Å². The lowest BCUT2D eigenvalue weighted by molar-refractivity contribution is -0.141. The zero-order valence-corrected chi connectivity index (χ0v) is 25.9. The molecule has 2 heterocycles. The average Bonchev–Trinajstić information content (AvgIpc) is 3.45. The van der Waals surface area contributed by atoms with Gasteiger partial charge in [0.15, 0.2) is 5.76 Å². The first-order chi connectivity index (χ1) is 21.3. The summed E-state index contributed by atoms with van der Waals surface area (Å²) in [5, 5.41) is 12.5. The summed E-state index contributed by atoms with van der Waals surface area (Å²) < 4.78 is 5.74. The molecule has 2 aromatic rings. The van der Waals surface area contributed by atoms with E-state index >= 15 is 0 Å².